The van der Waals surface area contributed by atoms with Crippen LogP contribution in [0.1, 0.15) is 38.8 Å². The van der Waals surface area contributed by atoms with E-state index in [1.807, 2.05) is 22.6 Å². The molecule has 2 aromatic rings. The van der Waals surface area contributed by atoms with Gasteiger partial charge in [-0.3, -0.25) is 13.8 Å². The summed E-state index contributed by atoms with van der Waals surface area (Å²) in [6, 6.07) is 5.90. The summed E-state index contributed by atoms with van der Waals surface area (Å²) in [6.45, 7) is 2.85. The van der Waals surface area contributed by atoms with Crippen LogP contribution in [0.25, 0.3) is 0 Å². The maximum atomic E-state index is 14.7. The Morgan fingerprint density at radius 2 is 1.69 bits per heavy atom. The van der Waals surface area contributed by atoms with Crippen molar-refractivity contribution in [3.05, 3.63) is 62.2 Å². The largest absolute Gasteiger partial charge is 0.433 e. The molecule has 0 aliphatic carbocycles. The quantitative estimate of drug-likeness (QED) is 0.199. The van der Waals surface area contributed by atoms with E-state index < -0.39 is 50.9 Å². The summed E-state index contributed by atoms with van der Waals surface area (Å²) in [5.74, 6) is -1.24. The SMILES string of the molecule is Cc1cc(C(F)(C(F)(F)F)C(F)(F)Br)ccc1NC(=O)c1cccc(I)c1C(=O)NC(C)C[S@](C)=O. The van der Waals surface area contributed by atoms with E-state index in [1.54, 1.807) is 13.0 Å². The molecule has 0 aliphatic heterocycles. The molecule has 0 saturated heterocycles. The molecule has 2 rings (SSSR count). The zero-order valence-corrected chi connectivity index (χ0v) is 23.5. The number of anilines is 1. The third-order valence-corrected chi connectivity index (χ3v) is 7.42. The van der Waals surface area contributed by atoms with Gasteiger partial charge in [-0.25, -0.2) is 4.39 Å². The zero-order valence-electron chi connectivity index (χ0n) is 18.9. The van der Waals surface area contributed by atoms with Crippen LogP contribution in [-0.2, 0) is 16.5 Å². The summed E-state index contributed by atoms with van der Waals surface area (Å²) in [6.07, 6.45) is -4.47. The minimum absolute atomic E-state index is 0.0115. The summed E-state index contributed by atoms with van der Waals surface area (Å²) in [4.78, 5) is 20.9. The van der Waals surface area contributed by atoms with Crippen LogP contribution in [0.15, 0.2) is 36.4 Å². The van der Waals surface area contributed by atoms with E-state index in [0.717, 1.165) is 6.07 Å². The zero-order chi connectivity index (χ0) is 27.6. The third kappa shape index (κ3) is 6.60. The molecule has 0 aromatic heterocycles. The molecule has 0 bridgehead atoms. The highest BCUT2D eigenvalue weighted by atomic mass is 127. The van der Waals surface area contributed by atoms with Crippen LogP contribution >= 0.6 is 38.5 Å². The highest BCUT2D eigenvalue weighted by molar-refractivity contribution is 14.1. The van der Waals surface area contributed by atoms with E-state index >= 15 is 0 Å². The first-order valence-corrected chi connectivity index (χ1v) is 13.6. The molecule has 0 saturated carbocycles. The number of carbonyl (C=O) groups excluding carboxylic acids is 2. The van der Waals surface area contributed by atoms with Crippen molar-refractivity contribution in [1.82, 2.24) is 5.32 Å². The smallest absolute Gasteiger partial charge is 0.349 e. The lowest BCUT2D eigenvalue weighted by Crippen LogP contribution is -2.49. The number of aryl methyl sites for hydroxylation is 1. The topological polar surface area (TPSA) is 75.3 Å². The van der Waals surface area contributed by atoms with Crippen molar-refractivity contribution in [2.24, 2.45) is 0 Å². The second kappa shape index (κ2) is 11.4. The van der Waals surface area contributed by atoms with Crippen molar-refractivity contribution < 1.29 is 40.1 Å². The fraction of sp³-hybridized carbons (Fsp3) is 0.364. The van der Waals surface area contributed by atoms with E-state index in [4.69, 9.17) is 0 Å². The Bertz CT molecular complexity index is 1180. The number of rotatable bonds is 8. The van der Waals surface area contributed by atoms with Gasteiger partial charge in [0.25, 0.3) is 11.8 Å². The predicted octanol–water partition coefficient (Wildman–Crippen LogP) is 6.06. The predicted molar refractivity (Wildman–Crippen MR) is 137 cm³/mol. The number of hydrogen-bond donors (Lipinski definition) is 2. The highest BCUT2D eigenvalue weighted by Gasteiger charge is 2.71. The lowest BCUT2D eigenvalue weighted by Gasteiger charge is -2.32. The Hall–Kier alpha value is -1.68. The van der Waals surface area contributed by atoms with Crippen molar-refractivity contribution in [3.63, 3.8) is 0 Å². The molecular formula is C22H20BrF6IN2O3S. The number of benzene rings is 2. The van der Waals surface area contributed by atoms with Gasteiger partial charge in [0.15, 0.2) is 0 Å². The van der Waals surface area contributed by atoms with E-state index in [9.17, 15) is 40.1 Å². The van der Waals surface area contributed by atoms with Gasteiger partial charge >= 0.3 is 16.7 Å². The fourth-order valence-electron chi connectivity index (χ4n) is 3.33. The maximum absolute atomic E-state index is 14.7. The molecule has 0 radical (unpaired) electrons. The summed E-state index contributed by atoms with van der Waals surface area (Å²) in [5, 5.41) is 5.07. The van der Waals surface area contributed by atoms with Crippen LogP contribution in [0.3, 0.4) is 0 Å². The minimum Gasteiger partial charge on any atom is -0.349 e. The van der Waals surface area contributed by atoms with Gasteiger partial charge < -0.3 is 10.6 Å². The van der Waals surface area contributed by atoms with Crippen molar-refractivity contribution in [1.29, 1.82) is 0 Å². The lowest BCUT2D eigenvalue weighted by atomic mass is 9.93. The molecular weight excluding hydrogens is 693 g/mol. The maximum Gasteiger partial charge on any atom is 0.433 e. The van der Waals surface area contributed by atoms with Gasteiger partial charge in [0.2, 0.25) is 0 Å². The van der Waals surface area contributed by atoms with Gasteiger partial charge in [-0.1, -0.05) is 18.2 Å². The van der Waals surface area contributed by atoms with Crippen molar-refractivity contribution in [2.45, 2.75) is 36.6 Å². The molecule has 0 aliphatic rings. The molecule has 2 N–H and O–H groups in total. The number of nitrogens with one attached hydrogen (secondary N) is 2. The van der Waals surface area contributed by atoms with E-state index in [1.165, 1.54) is 41.2 Å². The average molecular weight is 713 g/mol. The molecule has 198 valence electrons. The number of halogens is 8. The Labute approximate surface area is 227 Å². The highest BCUT2D eigenvalue weighted by Crippen LogP contribution is 2.55. The van der Waals surface area contributed by atoms with Crippen molar-refractivity contribution in [3.8, 4) is 0 Å². The first-order valence-electron chi connectivity index (χ1n) is 10.0. The summed E-state index contributed by atoms with van der Waals surface area (Å²) < 4.78 is 93.5. The monoisotopic (exact) mass is 712 g/mol. The van der Waals surface area contributed by atoms with Gasteiger partial charge in [0.1, 0.15) is 0 Å². The first-order chi connectivity index (χ1) is 16.4. The van der Waals surface area contributed by atoms with Crippen LogP contribution in [0, 0.1) is 10.5 Å². The van der Waals surface area contributed by atoms with Gasteiger partial charge in [-0.15, -0.1) is 0 Å². The Morgan fingerprint density at radius 3 is 2.19 bits per heavy atom. The van der Waals surface area contributed by atoms with Crippen LogP contribution < -0.4 is 10.6 Å². The molecule has 2 amide bonds. The Morgan fingerprint density at radius 1 is 1.08 bits per heavy atom. The molecule has 2 unspecified atom stereocenters. The first kappa shape index (κ1) is 30.5. The third-order valence-electron chi connectivity index (χ3n) is 5.00. The standard InChI is InChI=1S/C22H20BrF6IN2O3S/c1-11-9-13(20(24,21(23,25)26)22(27,28)29)7-8-16(11)32-18(33)14-5-4-6-15(30)17(14)19(34)31-12(2)10-36(3)35/h4-9,12H,10H2,1-3H3,(H,31,34)(H,32,33)/t12?,20?,36-/m0/s1. The van der Waals surface area contributed by atoms with Gasteiger partial charge in [0, 0.05) is 43.7 Å². The van der Waals surface area contributed by atoms with Crippen LogP contribution in [-0.4, -0.2) is 45.1 Å². The summed E-state index contributed by atoms with van der Waals surface area (Å²) >= 11 is 3.34. The number of hydrogen-bond acceptors (Lipinski definition) is 3. The molecule has 0 heterocycles. The second-order valence-corrected chi connectivity index (χ2v) is 11.6. The van der Waals surface area contributed by atoms with Gasteiger partial charge in [-0.05, 0) is 76.1 Å². The fourth-order valence-corrected chi connectivity index (χ4v) is 5.31. The summed E-state index contributed by atoms with van der Waals surface area (Å²) in [7, 11) is -1.18. The van der Waals surface area contributed by atoms with Crippen LogP contribution in [0.5, 0.6) is 0 Å². The van der Waals surface area contributed by atoms with Crippen LogP contribution in [0.4, 0.5) is 32.0 Å². The second-order valence-electron chi connectivity index (χ2n) is 7.91. The number of alkyl halides is 7. The normalized spacial score (nSPS) is 15.5. The summed E-state index contributed by atoms with van der Waals surface area (Å²) in [5.41, 5.74) is -6.64. The Kier molecular flexibility index (Phi) is 9.65. The molecule has 3 atom stereocenters. The van der Waals surface area contributed by atoms with Crippen LogP contribution in [0.2, 0.25) is 0 Å². The number of carbonyl (C=O) groups is 2. The van der Waals surface area contributed by atoms with Crippen molar-refractivity contribution >= 4 is 66.8 Å². The minimum atomic E-state index is -5.94. The Balaban J connectivity index is 2.40. The number of amides is 2. The van der Waals surface area contributed by atoms with E-state index in [-0.39, 0.29) is 28.1 Å². The van der Waals surface area contributed by atoms with E-state index in [0.29, 0.717) is 15.7 Å². The van der Waals surface area contributed by atoms with Crippen molar-refractivity contribution in [2.75, 3.05) is 17.3 Å². The molecule has 14 heteroatoms. The molecule has 0 fully saturated rings. The molecule has 0 spiro atoms. The molecule has 36 heavy (non-hydrogen) atoms. The van der Waals surface area contributed by atoms with Gasteiger partial charge in [0.05, 0.1) is 11.1 Å². The lowest BCUT2D eigenvalue weighted by molar-refractivity contribution is -0.282. The average Bonchev–Trinajstić information content (AvgIpc) is 2.71. The van der Waals surface area contributed by atoms with Gasteiger partial charge in [-0.2, -0.15) is 22.0 Å². The van der Waals surface area contributed by atoms with E-state index in [2.05, 4.69) is 10.6 Å². The molecule has 5 nitrogen and oxygen atoms in total. The molecule has 2 aromatic carbocycles.